The molecule has 0 atom stereocenters. The summed E-state index contributed by atoms with van der Waals surface area (Å²) in [7, 11) is 3.05. The first-order valence-corrected chi connectivity index (χ1v) is 12.6. The number of para-hydroxylation sites is 2. The van der Waals surface area contributed by atoms with E-state index in [0.717, 1.165) is 22.4 Å². The maximum Gasteiger partial charge on any atom is 0.270 e. The zero-order valence-electron chi connectivity index (χ0n) is 20.9. The van der Waals surface area contributed by atoms with E-state index in [9.17, 15) is 9.59 Å². The van der Waals surface area contributed by atoms with Gasteiger partial charge in [0, 0.05) is 0 Å². The number of hydrogen-bond acceptors (Lipinski definition) is 7. The number of nitrogens with one attached hydrogen (secondary N) is 1. The van der Waals surface area contributed by atoms with E-state index in [4.69, 9.17) is 26.4 Å². The van der Waals surface area contributed by atoms with Crippen molar-refractivity contribution in [3.05, 3.63) is 82.3 Å². The van der Waals surface area contributed by atoms with Crippen LogP contribution in [0.15, 0.2) is 65.6 Å². The third kappa shape index (κ3) is 5.95. The SMILES string of the molecule is COc1ccccc1NC(=O)COc1ccc(/C=C2/SC(=S)N(c3ccc(C)c(C)c3)C2=O)cc1OC. The van der Waals surface area contributed by atoms with E-state index in [1.54, 1.807) is 47.4 Å². The van der Waals surface area contributed by atoms with Crippen LogP contribution in [-0.2, 0) is 9.59 Å². The minimum absolute atomic E-state index is 0.175. The highest BCUT2D eigenvalue weighted by Gasteiger charge is 2.33. The molecule has 3 aromatic rings. The molecule has 1 aliphatic rings. The molecule has 37 heavy (non-hydrogen) atoms. The Labute approximate surface area is 225 Å². The zero-order chi connectivity index (χ0) is 26.5. The van der Waals surface area contributed by atoms with Crippen LogP contribution in [0.5, 0.6) is 17.2 Å². The quantitative estimate of drug-likeness (QED) is 0.292. The minimum atomic E-state index is -0.342. The molecule has 0 radical (unpaired) electrons. The van der Waals surface area contributed by atoms with Gasteiger partial charge in [-0.15, -0.1) is 0 Å². The van der Waals surface area contributed by atoms with Crippen LogP contribution < -0.4 is 24.4 Å². The first-order chi connectivity index (χ1) is 17.8. The van der Waals surface area contributed by atoms with Gasteiger partial charge < -0.3 is 19.5 Å². The molecule has 190 valence electrons. The molecule has 9 heteroatoms. The molecule has 1 N–H and O–H groups in total. The van der Waals surface area contributed by atoms with E-state index in [-0.39, 0.29) is 18.4 Å². The average Bonchev–Trinajstić information content (AvgIpc) is 3.17. The van der Waals surface area contributed by atoms with Gasteiger partial charge in [0.05, 0.1) is 30.5 Å². The van der Waals surface area contributed by atoms with Crippen LogP contribution in [0.3, 0.4) is 0 Å². The second-order valence-electron chi connectivity index (χ2n) is 8.23. The van der Waals surface area contributed by atoms with Crippen molar-refractivity contribution in [2.75, 3.05) is 31.0 Å². The van der Waals surface area contributed by atoms with E-state index in [0.29, 0.717) is 32.2 Å². The molecule has 0 spiro atoms. The largest absolute Gasteiger partial charge is 0.495 e. The Hall–Kier alpha value is -3.82. The van der Waals surface area contributed by atoms with Crippen LogP contribution in [0.2, 0.25) is 0 Å². The van der Waals surface area contributed by atoms with Gasteiger partial charge in [-0.2, -0.15) is 0 Å². The predicted molar refractivity (Wildman–Crippen MR) is 152 cm³/mol. The molecule has 3 aromatic carbocycles. The lowest BCUT2D eigenvalue weighted by Crippen LogP contribution is -2.27. The number of benzene rings is 3. The van der Waals surface area contributed by atoms with E-state index < -0.39 is 0 Å². The van der Waals surface area contributed by atoms with Crippen molar-refractivity contribution in [3.63, 3.8) is 0 Å². The van der Waals surface area contributed by atoms with Gasteiger partial charge in [0.1, 0.15) is 5.75 Å². The number of carbonyl (C=O) groups excluding carboxylic acids is 2. The molecule has 4 rings (SSSR count). The molecule has 0 saturated carbocycles. The van der Waals surface area contributed by atoms with Crippen molar-refractivity contribution in [2.24, 2.45) is 0 Å². The standard InChI is InChI=1S/C28H26N2O5S2/c1-17-9-11-20(13-18(17)2)30-27(32)25(37-28(30)36)15-19-10-12-23(24(14-19)34-4)35-16-26(31)29-21-7-5-6-8-22(21)33-3/h5-15H,16H2,1-4H3,(H,29,31)/b25-15+. The molecule has 7 nitrogen and oxygen atoms in total. The zero-order valence-corrected chi connectivity index (χ0v) is 22.5. The highest BCUT2D eigenvalue weighted by Crippen LogP contribution is 2.37. The van der Waals surface area contributed by atoms with Crippen molar-refractivity contribution in [2.45, 2.75) is 13.8 Å². The van der Waals surface area contributed by atoms with Gasteiger partial charge in [-0.05, 0) is 73.0 Å². The smallest absolute Gasteiger partial charge is 0.270 e. The Balaban J connectivity index is 1.46. The summed E-state index contributed by atoms with van der Waals surface area (Å²) in [6.45, 7) is 3.81. The number of nitrogens with zero attached hydrogens (tertiary/aromatic N) is 1. The highest BCUT2D eigenvalue weighted by atomic mass is 32.2. The molecule has 0 bridgehead atoms. The fourth-order valence-electron chi connectivity index (χ4n) is 3.68. The molecule has 1 aliphatic heterocycles. The third-order valence-corrected chi connectivity index (χ3v) is 7.07. The van der Waals surface area contributed by atoms with E-state index in [1.807, 2.05) is 38.1 Å². The first-order valence-electron chi connectivity index (χ1n) is 11.4. The molecular weight excluding hydrogens is 508 g/mol. The highest BCUT2D eigenvalue weighted by molar-refractivity contribution is 8.27. The summed E-state index contributed by atoms with van der Waals surface area (Å²) in [6.07, 6.45) is 1.76. The van der Waals surface area contributed by atoms with E-state index in [2.05, 4.69) is 5.32 Å². The molecule has 1 fully saturated rings. The number of ether oxygens (including phenoxy) is 3. The summed E-state index contributed by atoms with van der Waals surface area (Å²) in [4.78, 5) is 27.6. The van der Waals surface area contributed by atoms with Crippen molar-refractivity contribution in [1.82, 2.24) is 0 Å². The van der Waals surface area contributed by atoms with Crippen molar-refractivity contribution in [1.29, 1.82) is 0 Å². The number of rotatable bonds is 8. The van der Waals surface area contributed by atoms with Gasteiger partial charge in [-0.1, -0.05) is 48.2 Å². The number of anilines is 2. The lowest BCUT2D eigenvalue weighted by atomic mass is 10.1. The Morgan fingerprint density at radius 2 is 1.73 bits per heavy atom. The van der Waals surface area contributed by atoms with E-state index >= 15 is 0 Å². The van der Waals surface area contributed by atoms with Gasteiger partial charge in [0.25, 0.3) is 11.8 Å². The Morgan fingerprint density at radius 3 is 2.46 bits per heavy atom. The second kappa shape index (κ2) is 11.5. The van der Waals surface area contributed by atoms with Crippen LogP contribution in [-0.4, -0.2) is 37.0 Å². The fraction of sp³-hybridized carbons (Fsp3) is 0.179. The van der Waals surface area contributed by atoms with Crippen molar-refractivity contribution in [3.8, 4) is 17.2 Å². The molecule has 0 aliphatic carbocycles. The van der Waals surface area contributed by atoms with E-state index in [1.165, 1.54) is 26.0 Å². The maximum absolute atomic E-state index is 13.2. The van der Waals surface area contributed by atoms with Crippen molar-refractivity contribution >= 4 is 57.6 Å². The Bertz CT molecular complexity index is 1400. The average molecular weight is 535 g/mol. The topological polar surface area (TPSA) is 77.1 Å². The number of carbonyl (C=O) groups is 2. The number of thioether (sulfide) groups is 1. The summed E-state index contributed by atoms with van der Waals surface area (Å²) < 4.78 is 16.9. The predicted octanol–water partition coefficient (Wildman–Crippen LogP) is 5.74. The Kier molecular flexibility index (Phi) is 8.15. The van der Waals surface area contributed by atoms with Crippen LogP contribution in [0, 0.1) is 13.8 Å². The van der Waals surface area contributed by atoms with Gasteiger partial charge in [-0.25, -0.2) is 0 Å². The van der Waals surface area contributed by atoms with Crippen molar-refractivity contribution < 1.29 is 23.8 Å². The number of hydrogen-bond donors (Lipinski definition) is 1. The lowest BCUT2D eigenvalue weighted by molar-refractivity contribution is -0.118. The van der Waals surface area contributed by atoms with Crippen LogP contribution in [0.4, 0.5) is 11.4 Å². The Morgan fingerprint density at radius 1 is 0.973 bits per heavy atom. The maximum atomic E-state index is 13.2. The molecular formula is C28H26N2O5S2. The molecule has 1 saturated heterocycles. The van der Waals surface area contributed by atoms with Gasteiger partial charge in [-0.3, -0.25) is 14.5 Å². The molecule has 0 unspecified atom stereocenters. The monoisotopic (exact) mass is 534 g/mol. The number of thiocarbonyl (C=S) groups is 1. The van der Waals surface area contributed by atoms with Gasteiger partial charge in [0.15, 0.2) is 22.4 Å². The second-order valence-corrected chi connectivity index (χ2v) is 9.91. The van der Waals surface area contributed by atoms with Gasteiger partial charge in [0.2, 0.25) is 0 Å². The fourth-order valence-corrected chi connectivity index (χ4v) is 4.98. The summed E-state index contributed by atoms with van der Waals surface area (Å²) >= 11 is 6.75. The summed E-state index contributed by atoms with van der Waals surface area (Å²) in [5.41, 5.74) is 4.29. The number of aryl methyl sites for hydroxylation is 2. The normalized spacial score (nSPS) is 14.2. The number of amides is 2. The summed E-state index contributed by atoms with van der Waals surface area (Å²) in [5.74, 6) is 0.873. The third-order valence-electron chi connectivity index (χ3n) is 5.77. The molecule has 2 amide bonds. The summed E-state index contributed by atoms with van der Waals surface area (Å²) in [5, 5.41) is 2.77. The van der Waals surface area contributed by atoms with Crippen LogP contribution in [0.1, 0.15) is 16.7 Å². The first kappa shape index (κ1) is 26.2. The van der Waals surface area contributed by atoms with Gasteiger partial charge >= 0.3 is 0 Å². The van der Waals surface area contributed by atoms with Crippen LogP contribution >= 0.6 is 24.0 Å². The lowest BCUT2D eigenvalue weighted by Gasteiger charge is -2.16. The summed E-state index contributed by atoms with van der Waals surface area (Å²) in [6, 6.07) is 18.2. The van der Waals surface area contributed by atoms with Crippen LogP contribution in [0.25, 0.3) is 6.08 Å². The molecule has 1 heterocycles. The molecule has 0 aromatic heterocycles. The number of methoxy groups -OCH3 is 2. The minimum Gasteiger partial charge on any atom is -0.495 e.